The molecule has 0 spiro atoms. The van der Waals surface area contributed by atoms with Crippen LogP contribution < -0.4 is 5.32 Å². The van der Waals surface area contributed by atoms with Crippen LogP contribution in [-0.2, 0) is 10.0 Å². The quantitative estimate of drug-likeness (QED) is 0.868. The Kier molecular flexibility index (Phi) is 3.96. The van der Waals surface area contributed by atoms with Crippen LogP contribution in [0.15, 0.2) is 23.1 Å². The fourth-order valence-electron chi connectivity index (χ4n) is 2.68. The minimum absolute atomic E-state index is 0.194. The molecule has 2 heterocycles. The zero-order chi connectivity index (χ0) is 15.0. The lowest BCUT2D eigenvalue weighted by Crippen LogP contribution is -2.63. The first-order chi connectivity index (χ1) is 9.98. The highest BCUT2D eigenvalue weighted by Crippen LogP contribution is 2.25. The molecule has 0 aromatic heterocycles. The molecule has 0 radical (unpaired) electrons. The summed E-state index contributed by atoms with van der Waals surface area (Å²) >= 11 is 0. The van der Waals surface area contributed by atoms with Gasteiger partial charge in [0.2, 0.25) is 10.0 Å². The van der Waals surface area contributed by atoms with Gasteiger partial charge in [-0.2, -0.15) is 4.31 Å². The summed E-state index contributed by atoms with van der Waals surface area (Å²) < 4.78 is 52.0. The van der Waals surface area contributed by atoms with Crippen LogP contribution >= 0.6 is 0 Å². The number of sulfonamides is 1. The number of nitrogens with one attached hydrogen (secondary N) is 1. The number of hydrogen-bond donors (Lipinski definition) is 1. The zero-order valence-electron chi connectivity index (χ0n) is 11.4. The second-order valence-corrected chi connectivity index (χ2v) is 7.28. The smallest absolute Gasteiger partial charge is 0.243 e. The van der Waals surface area contributed by atoms with Gasteiger partial charge in [-0.3, -0.25) is 4.90 Å². The van der Waals surface area contributed by atoms with Gasteiger partial charge >= 0.3 is 0 Å². The average Bonchev–Trinajstić information content (AvgIpc) is 2.41. The monoisotopic (exact) mass is 317 g/mol. The van der Waals surface area contributed by atoms with Gasteiger partial charge in [0, 0.05) is 45.3 Å². The van der Waals surface area contributed by atoms with Crippen molar-refractivity contribution in [3.8, 4) is 0 Å². The van der Waals surface area contributed by atoms with E-state index in [0.717, 1.165) is 44.4 Å². The topological polar surface area (TPSA) is 52.7 Å². The molecule has 1 N–H and O–H groups in total. The second kappa shape index (κ2) is 5.60. The van der Waals surface area contributed by atoms with Gasteiger partial charge in [0.1, 0.15) is 0 Å². The molecule has 1 aromatic carbocycles. The average molecular weight is 317 g/mol. The van der Waals surface area contributed by atoms with Crippen LogP contribution in [0.2, 0.25) is 0 Å². The summed E-state index contributed by atoms with van der Waals surface area (Å²) in [5.41, 5.74) is 0. The van der Waals surface area contributed by atoms with Gasteiger partial charge in [-0.1, -0.05) is 0 Å². The largest absolute Gasteiger partial charge is 0.314 e. The molecule has 0 aliphatic carbocycles. The summed E-state index contributed by atoms with van der Waals surface area (Å²) in [5, 5.41) is 3.25. The van der Waals surface area contributed by atoms with Crippen LogP contribution in [0.1, 0.15) is 0 Å². The third-order valence-electron chi connectivity index (χ3n) is 4.03. The summed E-state index contributed by atoms with van der Waals surface area (Å²) in [4.78, 5) is 2.06. The van der Waals surface area contributed by atoms with Crippen molar-refractivity contribution in [1.29, 1.82) is 0 Å². The van der Waals surface area contributed by atoms with E-state index in [1.165, 1.54) is 4.31 Å². The van der Waals surface area contributed by atoms with Crippen molar-refractivity contribution >= 4 is 10.0 Å². The Hall–Kier alpha value is -1.09. The van der Waals surface area contributed by atoms with Crippen molar-refractivity contribution in [2.24, 2.45) is 0 Å². The van der Waals surface area contributed by atoms with Crippen LogP contribution in [0.4, 0.5) is 8.78 Å². The van der Waals surface area contributed by atoms with Gasteiger partial charge in [-0.15, -0.1) is 0 Å². The molecule has 21 heavy (non-hydrogen) atoms. The summed E-state index contributed by atoms with van der Waals surface area (Å²) in [6.07, 6.45) is 0. The Bertz CT molecular complexity index is 626. The minimum atomic E-state index is -3.73. The van der Waals surface area contributed by atoms with E-state index in [0.29, 0.717) is 13.1 Å². The molecule has 8 heteroatoms. The van der Waals surface area contributed by atoms with E-state index in [1.54, 1.807) is 0 Å². The summed E-state index contributed by atoms with van der Waals surface area (Å²) in [6.45, 7) is 4.44. The van der Waals surface area contributed by atoms with E-state index in [4.69, 9.17) is 0 Å². The Morgan fingerprint density at radius 1 is 1.10 bits per heavy atom. The van der Waals surface area contributed by atoms with E-state index in [2.05, 4.69) is 10.2 Å². The van der Waals surface area contributed by atoms with Crippen molar-refractivity contribution in [2.75, 3.05) is 39.3 Å². The van der Waals surface area contributed by atoms with Crippen LogP contribution in [0.3, 0.4) is 0 Å². The predicted molar refractivity (Wildman–Crippen MR) is 73.3 cm³/mol. The first-order valence-corrected chi connectivity index (χ1v) is 8.32. The van der Waals surface area contributed by atoms with Crippen LogP contribution in [0, 0.1) is 11.6 Å². The Labute approximate surface area is 122 Å². The summed E-state index contributed by atoms with van der Waals surface area (Å²) in [7, 11) is -3.73. The maximum absolute atomic E-state index is 13.2. The molecular weight excluding hydrogens is 300 g/mol. The minimum Gasteiger partial charge on any atom is -0.314 e. The predicted octanol–water partition coefficient (Wildman–Crippen LogP) is 0.243. The molecule has 0 saturated carbocycles. The van der Waals surface area contributed by atoms with Crippen molar-refractivity contribution in [3.63, 3.8) is 0 Å². The summed E-state index contributed by atoms with van der Waals surface area (Å²) in [5.74, 6) is -2.19. The molecule has 5 nitrogen and oxygen atoms in total. The van der Waals surface area contributed by atoms with Crippen molar-refractivity contribution in [1.82, 2.24) is 14.5 Å². The lowest BCUT2D eigenvalue weighted by molar-refractivity contribution is 0.0773. The van der Waals surface area contributed by atoms with Gasteiger partial charge in [-0.05, 0) is 18.2 Å². The fraction of sp³-hybridized carbons (Fsp3) is 0.538. The molecule has 3 rings (SSSR count). The van der Waals surface area contributed by atoms with Gasteiger partial charge in [-0.25, -0.2) is 17.2 Å². The van der Waals surface area contributed by atoms with Crippen molar-refractivity contribution in [2.45, 2.75) is 10.9 Å². The lowest BCUT2D eigenvalue weighted by atomic mass is 10.1. The number of hydrogen-bond acceptors (Lipinski definition) is 4. The molecule has 2 fully saturated rings. The normalized spacial score (nSPS) is 22.2. The Balaban J connectivity index is 1.68. The molecular formula is C13H17F2N3O2S. The van der Waals surface area contributed by atoms with E-state index < -0.39 is 21.7 Å². The molecule has 116 valence electrons. The van der Waals surface area contributed by atoms with E-state index >= 15 is 0 Å². The third-order valence-corrected chi connectivity index (χ3v) is 5.85. The number of benzene rings is 1. The van der Waals surface area contributed by atoms with Gasteiger partial charge in [0.15, 0.2) is 11.6 Å². The molecule has 2 aliphatic heterocycles. The first-order valence-electron chi connectivity index (χ1n) is 6.88. The highest BCUT2D eigenvalue weighted by molar-refractivity contribution is 7.89. The lowest BCUT2D eigenvalue weighted by Gasteiger charge is -2.45. The van der Waals surface area contributed by atoms with Crippen molar-refractivity contribution < 1.29 is 17.2 Å². The van der Waals surface area contributed by atoms with Gasteiger partial charge < -0.3 is 5.32 Å². The molecule has 1 aromatic rings. The highest BCUT2D eigenvalue weighted by Gasteiger charge is 2.40. The molecule has 2 saturated heterocycles. The summed E-state index contributed by atoms with van der Waals surface area (Å²) in [6, 6.07) is 2.90. The van der Waals surface area contributed by atoms with Crippen molar-refractivity contribution in [3.05, 3.63) is 29.8 Å². The number of piperazine rings is 1. The SMILES string of the molecule is O=S(=O)(c1ccc(F)c(F)c1)N1CC(N2CCNCC2)C1. The van der Waals surface area contributed by atoms with E-state index in [1.807, 2.05) is 0 Å². The maximum Gasteiger partial charge on any atom is 0.243 e. The van der Waals surface area contributed by atoms with Gasteiger partial charge in [0.25, 0.3) is 0 Å². The number of halogens is 2. The molecule has 0 atom stereocenters. The van der Waals surface area contributed by atoms with Crippen LogP contribution in [-0.4, -0.2) is 62.9 Å². The Morgan fingerprint density at radius 2 is 1.76 bits per heavy atom. The Morgan fingerprint density at radius 3 is 2.38 bits per heavy atom. The molecule has 0 amide bonds. The number of rotatable bonds is 3. The maximum atomic E-state index is 13.2. The first kappa shape index (κ1) is 14.8. The number of nitrogens with zero attached hydrogens (tertiary/aromatic N) is 2. The standard InChI is InChI=1S/C13H17F2N3O2S/c14-12-2-1-11(7-13(12)15)21(19,20)18-8-10(9-18)17-5-3-16-4-6-17/h1-2,7,10,16H,3-6,8-9H2. The fourth-order valence-corrected chi connectivity index (χ4v) is 4.20. The third kappa shape index (κ3) is 2.80. The van der Waals surface area contributed by atoms with Gasteiger partial charge in [0.05, 0.1) is 4.90 Å². The van der Waals surface area contributed by atoms with E-state index in [9.17, 15) is 17.2 Å². The van der Waals surface area contributed by atoms with Crippen LogP contribution in [0.25, 0.3) is 0 Å². The molecule has 2 aliphatic rings. The van der Waals surface area contributed by atoms with E-state index in [-0.39, 0.29) is 10.9 Å². The zero-order valence-corrected chi connectivity index (χ0v) is 12.2. The second-order valence-electron chi connectivity index (χ2n) is 5.34. The highest BCUT2D eigenvalue weighted by atomic mass is 32.2. The van der Waals surface area contributed by atoms with Crippen LogP contribution in [0.5, 0.6) is 0 Å². The molecule has 0 unspecified atom stereocenters. The molecule has 0 bridgehead atoms.